The maximum absolute atomic E-state index is 12.0. The molecule has 0 spiro atoms. The number of carbonyl (C=O) groups excluding carboxylic acids is 2. The number of carbonyl (C=O) groups is 2. The van der Waals surface area contributed by atoms with E-state index < -0.39 is 5.97 Å². The Hall–Kier alpha value is -0.990. The maximum atomic E-state index is 12.0. The Morgan fingerprint density at radius 1 is 1.27 bits per heavy atom. The highest BCUT2D eigenvalue weighted by molar-refractivity contribution is 8.38. The number of hydrogen-bond donors (Lipinski definition) is 1. The number of anilines is 1. The molecular weight excluding hydrogens is 340 g/mol. The molecule has 1 heterocycles. The molecule has 8 heteroatoms. The molecule has 1 N–H and O–H groups in total. The lowest BCUT2D eigenvalue weighted by molar-refractivity contribution is -0.114. The molecule has 1 rings (SSSR count). The van der Waals surface area contributed by atoms with Gasteiger partial charge in [-0.15, -0.1) is 34.9 Å². The number of nitrogens with one attached hydrogen (secondary N) is 1. The van der Waals surface area contributed by atoms with E-state index in [0.717, 1.165) is 14.8 Å². The number of hydrogen-bond acceptors (Lipinski definition) is 7. The van der Waals surface area contributed by atoms with Crippen LogP contribution in [0.3, 0.4) is 0 Å². The number of aliphatic imine (C=N–C) groups is 1. The number of amides is 1. The van der Waals surface area contributed by atoms with Gasteiger partial charge in [0.15, 0.2) is 0 Å². The van der Waals surface area contributed by atoms with E-state index >= 15 is 0 Å². The van der Waals surface area contributed by atoms with E-state index in [-0.39, 0.29) is 12.5 Å². The molecule has 0 aliphatic rings. The summed E-state index contributed by atoms with van der Waals surface area (Å²) in [7, 11) is 0. The standard InChI is InChI=1S/C14H20N2O3S3/c1-6-19-13(18)11-8(2)9(3)22-12(11)16-10(17)7-15-14(20-4)21-5/h6-7H2,1-5H3,(H,16,17). The SMILES string of the molecule is CCOC(=O)c1c(NC(=O)CN=C(SC)SC)sc(C)c1C. The monoisotopic (exact) mass is 360 g/mol. The number of esters is 1. The third-order valence-corrected chi connectivity index (χ3v) is 5.90. The van der Waals surface area contributed by atoms with Gasteiger partial charge >= 0.3 is 5.97 Å². The van der Waals surface area contributed by atoms with Gasteiger partial charge in [0.1, 0.15) is 15.9 Å². The highest BCUT2D eigenvalue weighted by atomic mass is 32.2. The van der Waals surface area contributed by atoms with Crippen LogP contribution in [-0.2, 0) is 9.53 Å². The molecule has 0 saturated carbocycles. The minimum absolute atomic E-state index is 0.0370. The highest BCUT2D eigenvalue weighted by Crippen LogP contribution is 2.33. The second-order valence-electron chi connectivity index (χ2n) is 4.25. The van der Waals surface area contributed by atoms with Gasteiger partial charge in [-0.05, 0) is 38.8 Å². The van der Waals surface area contributed by atoms with Crippen molar-refractivity contribution in [2.45, 2.75) is 20.8 Å². The van der Waals surface area contributed by atoms with Crippen LogP contribution in [0.15, 0.2) is 4.99 Å². The molecule has 1 amide bonds. The van der Waals surface area contributed by atoms with Gasteiger partial charge in [-0.25, -0.2) is 4.79 Å². The van der Waals surface area contributed by atoms with E-state index in [9.17, 15) is 9.59 Å². The van der Waals surface area contributed by atoms with Crippen molar-refractivity contribution in [3.63, 3.8) is 0 Å². The molecule has 0 bridgehead atoms. The molecule has 0 fully saturated rings. The van der Waals surface area contributed by atoms with Crippen molar-refractivity contribution in [1.29, 1.82) is 0 Å². The van der Waals surface area contributed by atoms with Gasteiger partial charge in [-0.1, -0.05) is 0 Å². The van der Waals surface area contributed by atoms with Crippen molar-refractivity contribution < 1.29 is 14.3 Å². The highest BCUT2D eigenvalue weighted by Gasteiger charge is 2.21. The summed E-state index contributed by atoms with van der Waals surface area (Å²) in [6.07, 6.45) is 3.83. The van der Waals surface area contributed by atoms with E-state index in [1.54, 1.807) is 6.92 Å². The van der Waals surface area contributed by atoms with Crippen molar-refractivity contribution in [2.24, 2.45) is 4.99 Å². The Balaban J connectivity index is 2.89. The van der Waals surface area contributed by atoms with Crippen LogP contribution in [0.5, 0.6) is 0 Å². The Bertz CT molecular complexity index is 576. The first-order valence-electron chi connectivity index (χ1n) is 6.63. The fourth-order valence-corrected chi connectivity index (χ4v) is 3.80. The summed E-state index contributed by atoms with van der Waals surface area (Å²) in [5.41, 5.74) is 1.29. The first-order chi connectivity index (χ1) is 10.4. The lowest BCUT2D eigenvalue weighted by Crippen LogP contribution is -2.17. The maximum Gasteiger partial charge on any atom is 0.341 e. The lowest BCUT2D eigenvalue weighted by Gasteiger charge is -2.06. The third kappa shape index (κ3) is 5.03. The van der Waals surface area contributed by atoms with Gasteiger partial charge in [0, 0.05) is 4.88 Å². The fraction of sp³-hybridized carbons (Fsp3) is 0.500. The minimum atomic E-state index is -0.405. The quantitative estimate of drug-likeness (QED) is 0.494. The summed E-state index contributed by atoms with van der Waals surface area (Å²) in [4.78, 5) is 29.3. The second kappa shape index (κ2) is 9.22. The molecule has 0 atom stereocenters. The summed E-state index contributed by atoms with van der Waals surface area (Å²) < 4.78 is 5.91. The zero-order valence-corrected chi connectivity index (χ0v) is 15.8. The first kappa shape index (κ1) is 19.1. The van der Waals surface area contributed by atoms with Crippen LogP contribution in [0.25, 0.3) is 0 Å². The molecule has 0 saturated heterocycles. The number of aryl methyl sites for hydroxylation is 1. The van der Waals surface area contributed by atoms with Crippen molar-refractivity contribution >= 4 is 56.1 Å². The molecule has 5 nitrogen and oxygen atoms in total. The molecule has 1 aromatic heterocycles. The van der Waals surface area contributed by atoms with Crippen LogP contribution in [0.1, 0.15) is 27.7 Å². The molecule has 0 aliphatic heterocycles. The summed E-state index contributed by atoms with van der Waals surface area (Å²) in [6.45, 7) is 5.86. The number of thioether (sulfide) groups is 2. The van der Waals surface area contributed by atoms with Crippen LogP contribution >= 0.6 is 34.9 Å². The van der Waals surface area contributed by atoms with E-state index in [0.29, 0.717) is 17.2 Å². The average molecular weight is 361 g/mol. The van der Waals surface area contributed by atoms with Crippen molar-refractivity contribution in [3.05, 3.63) is 16.0 Å². The third-order valence-electron chi connectivity index (χ3n) is 2.82. The van der Waals surface area contributed by atoms with Crippen LogP contribution in [0.4, 0.5) is 5.00 Å². The number of nitrogens with zero attached hydrogens (tertiary/aromatic N) is 1. The van der Waals surface area contributed by atoms with Crippen LogP contribution < -0.4 is 5.32 Å². The van der Waals surface area contributed by atoms with Gasteiger partial charge in [0.2, 0.25) is 5.91 Å². The molecular formula is C14H20N2O3S3. The van der Waals surface area contributed by atoms with Crippen LogP contribution in [-0.4, -0.2) is 41.9 Å². The van der Waals surface area contributed by atoms with Crippen LogP contribution in [0.2, 0.25) is 0 Å². The van der Waals surface area contributed by atoms with Gasteiger partial charge < -0.3 is 10.1 Å². The molecule has 0 aliphatic carbocycles. The zero-order valence-electron chi connectivity index (χ0n) is 13.3. The van der Waals surface area contributed by atoms with Gasteiger partial charge in [0.05, 0.1) is 12.2 Å². The fourth-order valence-electron chi connectivity index (χ4n) is 1.68. The Labute approximate surface area is 143 Å². The number of rotatable bonds is 5. The van der Waals surface area contributed by atoms with Crippen LogP contribution in [0, 0.1) is 13.8 Å². The van der Waals surface area contributed by atoms with Crippen molar-refractivity contribution in [3.8, 4) is 0 Å². The minimum Gasteiger partial charge on any atom is -0.462 e. The molecule has 122 valence electrons. The Morgan fingerprint density at radius 3 is 2.45 bits per heavy atom. The number of thiophene rings is 1. The normalized spacial score (nSPS) is 10.2. The van der Waals surface area contributed by atoms with Crippen molar-refractivity contribution in [2.75, 3.05) is 31.0 Å². The predicted octanol–water partition coefficient (Wildman–Crippen LogP) is 3.56. The van der Waals surface area contributed by atoms with Gasteiger partial charge in [0.25, 0.3) is 0 Å². The molecule has 22 heavy (non-hydrogen) atoms. The van der Waals surface area contributed by atoms with Gasteiger partial charge in [-0.2, -0.15) is 0 Å². The first-order valence-corrected chi connectivity index (χ1v) is 9.90. The molecule has 0 radical (unpaired) electrons. The summed E-state index contributed by atoms with van der Waals surface area (Å²) in [6, 6.07) is 0. The molecule has 0 aromatic carbocycles. The van der Waals surface area contributed by atoms with E-state index in [1.807, 2.05) is 26.4 Å². The topological polar surface area (TPSA) is 67.8 Å². The zero-order chi connectivity index (χ0) is 16.7. The smallest absolute Gasteiger partial charge is 0.341 e. The summed E-state index contributed by atoms with van der Waals surface area (Å²) in [5, 5.41) is 3.30. The van der Waals surface area contributed by atoms with E-state index in [4.69, 9.17) is 4.74 Å². The summed E-state index contributed by atoms with van der Waals surface area (Å²) >= 11 is 4.38. The summed E-state index contributed by atoms with van der Waals surface area (Å²) in [5.74, 6) is -0.649. The predicted molar refractivity (Wildman–Crippen MR) is 97.7 cm³/mol. The Morgan fingerprint density at radius 2 is 1.91 bits per heavy atom. The van der Waals surface area contributed by atoms with Gasteiger partial charge in [-0.3, -0.25) is 9.79 Å². The Kier molecular flexibility index (Phi) is 7.98. The van der Waals surface area contributed by atoms with E-state index in [2.05, 4.69) is 10.3 Å². The van der Waals surface area contributed by atoms with E-state index in [1.165, 1.54) is 34.9 Å². The second-order valence-corrected chi connectivity index (χ2v) is 7.32. The molecule has 1 aromatic rings. The lowest BCUT2D eigenvalue weighted by atomic mass is 10.1. The largest absolute Gasteiger partial charge is 0.462 e. The number of ether oxygens (including phenoxy) is 1. The van der Waals surface area contributed by atoms with Crippen molar-refractivity contribution in [1.82, 2.24) is 0 Å². The molecule has 0 unspecified atom stereocenters. The average Bonchev–Trinajstić information content (AvgIpc) is 2.75.